The average molecular weight is 182 g/mol. The second kappa shape index (κ2) is 2.98. The van der Waals surface area contributed by atoms with Gasteiger partial charge in [-0.1, -0.05) is 13.8 Å². The molecule has 4 unspecified atom stereocenters. The van der Waals surface area contributed by atoms with E-state index in [0.717, 1.165) is 17.8 Å². The fourth-order valence-corrected chi connectivity index (χ4v) is 3.80. The van der Waals surface area contributed by atoms with Crippen molar-refractivity contribution >= 4 is 0 Å². The maximum atomic E-state index is 5.48. The van der Waals surface area contributed by atoms with Gasteiger partial charge in [0, 0.05) is 7.11 Å². The van der Waals surface area contributed by atoms with Crippen LogP contribution in [-0.2, 0) is 4.74 Å². The summed E-state index contributed by atoms with van der Waals surface area (Å²) in [5, 5.41) is 0. The fourth-order valence-electron chi connectivity index (χ4n) is 3.80. The van der Waals surface area contributed by atoms with Crippen LogP contribution in [0.25, 0.3) is 0 Å². The standard InChI is InChI=1S/C12H22O/c1-8(13-4)10-7-9-5-6-11(10)12(9,2)3/h8-11H,5-7H2,1-4H3. The normalized spacial score (nSPS) is 43.8. The molecule has 2 rings (SSSR count). The van der Waals surface area contributed by atoms with Gasteiger partial charge in [-0.15, -0.1) is 0 Å². The maximum Gasteiger partial charge on any atom is 0.0574 e. The lowest BCUT2D eigenvalue weighted by Gasteiger charge is -2.29. The molecule has 0 radical (unpaired) electrons. The van der Waals surface area contributed by atoms with Crippen LogP contribution in [0.4, 0.5) is 0 Å². The van der Waals surface area contributed by atoms with E-state index in [9.17, 15) is 0 Å². The average Bonchev–Trinajstić information content (AvgIpc) is 2.54. The van der Waals surface area contributed by atoms with Crippen LogP contribution < -0.4 is 0 Å². The van der Waals surface area contributed by atoms with Gasteiger partial charge in [-0.25, -0.2) is 0 Å². The Labute approximate surface area is 81.9 Å². The summed E-state index contributed by atoms with van der Waals surface area (Å²) < 4.78 is 5.48. The molecule has 2 fully saturated rings. The van der Waals surface area contributed by atoms with E-state index in [0.29, 0.717) is 11.5 Å². The molecule has 0 N–H and O–H groups in total. The molecule has 76 valence electrons. The summed E-state index contributed by atoms with van der Waals surface area (Å²) in [6.45, 7) is 7.15. The third-order valence-corrected chi connectivity index (χ3v) is 4.88. The van der Waals surface area contributed by atoms with Crippen molar-refractivity contribution in [2.24, 2.45) is 23.2 Å². The van der Waals surface area contributed by atoms with Crippen LogP contribution in [-0.4, -0.2) is 13.2 Å². The summed E-state index contributed by atoms with van der Waals surface area (Å²) in [5.74, 6) is 2.73. The Morgan fingerprint density at radius 2 is 2.00 bits per heavy atom. The molecule has 13 heavy (non-hydrogen) atoms. The molecule has 2 aliphatic rings. The lowest BCUT2D eigenvalue weighted by molar-refractivity contribution is 0.0353. The zero-order valence-corrected chi connectivity index (χ0v) is 9.34. The predicted octanol–water partition coefficient (Wildman–Crippen LogP) is 3.09. The smallest absolute Gasteiger partial charge is 0.0574 e. The molecule has 1 heteroatoms. The Bertz CT molecular complexity index is 197. The summed E-state index contributed by atoms with van der Waals surface area (Å²) >= 11 is 0. The van der Waals surface area contributed by atoms with Gasteiger partial charge in [0.2, 0.25) is 0 Å². The molecule has 0 spiro atoms. The van der Waals surface area contributed by atoms with Crippen LogP contribution in [0.5, 0.6) is 0 Å². The van der Waals surface area contributed by atoms with E-state index in [1.54, 1.807) is 0 Å². The zero-order chi connectivity index (χ0) is 9.64. The second-order valence-electron chi connectivity index (χ2n) is 5.54. The third-order valence-electron chi connectivity index (χ3n) is 4.88. The molecule has 0 aromatic heterocycles. The van der Waals surface area contributed by atoms with Gasteiger partial charge in [-0.05, 0) is 49.4 Å². The Balaban J connectivity index is 2.13. The third kappa shape index (κ3) is 1.24. The largest absolute Gasteiger partial charge is 0.381 e. The van der Waals surface area contributed by atoms with Crippen LogP contribution in [0.2, 0.25) is 0 Å². The molecule has 2 bridgehead atoms. The first-order valence-corrected chi connectivity index (χ1v) is 5.60. The van der Waals surface area contributed by atoms with Gasteiger partial charge in [0.25, 0.3) is 0 Å². The molecular formula is C12H22O. The van der Waals surface area contributed by atoms with Crippen molar-refractivity contribution in [3.05, 3.63) is 0 Å². The van der Waals surface area contributed by atoms with E-state index in [1.807, 2.05) is 7.11 Å². The molecule has 2 aliphatic carbocycles. The maximum absolute atomic E-state index is 5.48. The number of fused-ring (bicyclic) bond motifs is 2. The molecule has 0 aliphatic heterocycles. The minimum absolute atomic E-state index is 0.467. The van der Waals surface area contributed by atoms with E-state index in [4.69, 9.17) is 4.74 Å². The van der Waals surface area contributed by atoms with Gasteiger partial charge >= 0.3 is 0 Å². The highest BCUT2D eigenvalue weighted by Gasteiger charge is 2.54. The Hall–Kier alpha value is -0.0400. The topological polar surface area (TPSA) is 9.23 Å². The van der Waals surface area contributed by atoms with E-state index < -0.39 is 0 Å². The van der Waals surface area contributed by atoms with Crippen LogP contribution in [0.15, 0.2) is 0 Å². The fraction of sp³-hybridized carbons (Fsp3) is 1.00. The van der Waals surface area contributed by atoms with Crippen LogP contribution in [0, 0.1) is 23.2 Å². The van der Waals surface area contributed by atoms with Gasteiger partial charge in [0.15, 0.2) is 0 Å². The minimum Gasteiger partial charge on any atom is -0.381 e. The summed E-state index contributed by atoms with van der Waals surface area (Å²) in [4.78, 5) is 0. The monoisotopic (exact) mass is 182 g/mol. The van der Waals surface area contributed by atoms with Gasteiger partial charge in [0.05, 0.1) is 6.10 Å². The van der Waals surface area contributed by atoms with E-state index in [1.165, 1.54) is 19.3 Å². The highest BCUT2D eigenvalue weighted by atomic mass is 16.5. The number of ether oxygens (including phenoxy) is 1. The van der Waals surface area contributed by atoms with Crippen LogP contribution in [0.3, 0.4) is 0 Å². The number of methoxy groups -OCH3 is 1. The molecule has 0 aromatic rings. The molecule has 1 nitrogen and oxygen atoms in total. The molecule has 4 atom stereocenters. The van der Waals surface area contributed by atoms with Crippen molar-refractivity contribution in [2.75, 3.05) is 7.11 Å². The summed E-state index contributed by atoms with van der Waals surface area (Å²) in [5.41, 5.74) is 0.595. The molecular weight excluding hydrogens is 160 g/mol. The van der Waals surface area contributed by atoms with Gasteiger partial charge < -0.3 is 4.74 Å². The van der Waals surface area contributed by atoms with Crippen molar-refractivity contribution in [3.8, 4) is 0 Å². The first kappa shape index (κ1) is 9.51. The SMILES string of the molecule is COC(C)C1CC2CCC1C2(C)C. The van der Waals surface area contributed by atoms with E-state index in [2.05, 4.69) is 20.8 Å². The van der Waals surface area contributed by atoms with Gasteiger partial charge in [-0.3, -0.25) is 0 Å². The first-order chi connectivity index (χ1) is 6.07. The van der Waals surface area contributed by atoms with Crippen LogP contribution >= 0.6 is 0 Å². The molecule has 0 saturated heterocycles. The molecule has 0 amide bonds. The molecule has 2 saturated carbocycles. The van der Waals surface area contributed by atoms with Crippen molar-refractivity contribution < 1.29 is 4.74 Å². The quantitative estimate of drug-likeness (QED) is 0.637. The zero-order valence-electron chi connectivity index (χ0n) is 9.34. The lowest BCUT2D eigenvalue weighted by atomic mass is 9.79. The molecule has 0 heterocycles. The van der Waals surface area contributed by atoms with E-state index >= 15 is 0 Å². The van der Waals surface area contributed by atoms with Crippen molar-refractivity contribution in [2.45, 2.75) is 46.1 Å². The van der Waals surface area contributed by atoms with Crippen molar-refractivity contribution in [3.63, 3.8) is 0 Å². The molecule has 0 aromatic carbocycles. The van der Waals surface area contributed by atoms with Gasteiger partial charge in [-0.2, -0.15) is 0 Å². The predicted molar refractivity (Wildman–Crippen MR) is 54.6 cm³/mol. The van der Waals surface area contributed by atoms with Crippen molar-refractivity contribution in [1.82, 2.24) is 0 Å². The van der Waals surface area contributed by atoms with E-state index in [-0.39, 0.29) is 0 Å². The minimum atomic E-state index is 0.467. The number of rotatable bonds is 2. The summed E-state index contributed by atoms with van der Waals surface area (Å²) in [6, 6.07) is 0. The highest BCUT2D eigenvalue weighted by Crippen LogP contribution is 2.61. The Kier molecular flexibility index (Phi) is 2.18. The summed E-state index contributed by atoms with van der Waals surface area (Å²) in [6.07, 6.45) is 4.78. The van der Waals surface area contributed by atoms with Crippen LogP contribution in [0.1, 0.15) is 40.0 Å². The second-order valence-corrected chi connectivity index (χ2v) is 5.54. The van der Waals surface area contributed by atoms with Gasteiger partial charge in [0.1, 0.15) is 0 Å². The number of hydrogen-bond donors (Lipinski definition) is 0. The first-order valence-electron chi connectivity index (χ1n) is 5.60. The Morgan fingerprint density at radius 3 is 2.38 bits per heavy atom. The number of hydrogen-bond acceptors (Lipinski definition) is 1. The lowest BCUT2D eigenvalue weighted by Crippen LogP contribution is -2.27. The van der Waals surface area contributed by atoms with Crippen molar-refractivity contribution in [1.29, 1.82) is 0 Å². The highest BCUT2D eigenvalue weighted by molar-refractivity contribution is 5.03. The summed E-state index contributed by atoms with van der Waals surface area (Å²) in [7, 11) is 1.85. The Morgan fingerprint density at radius 1 is 1.31 bits per heavy atom.